The van der Waals surface area contributed by atoms with Crippen LogP contribution in [0.4, 0.5) is 5.13 Å². The normalized spacial score (nSPS) is 10.7. The van der Waals surface area contributed by atoms with E-state index in [0.29, 0.717) is 22.0 Å². The Balaban J connectivity index is 1.78. The van der Waals surface area contributed by atoms with E-state index in [4.69, 9.17) is 14.2 Å². The molecule has 1 aromatic heterocycles. The number of nitriles is 1. The Morgan fingerprint density at radius 3 is 2.48 bits per heavy atom. The number of esters is 1. The molecular weight excluding hydrogens is 418 g/mol. The molecule has 0 saturated heterocycles. The van der Waals surface area contributed by atoms with E-state index < -0.39 is 11.9 Å². The molecule has 0 unspecified atom stereocenters. The first-order chi connectivity index (χ1) is 15.0. The highest BCUT2D eigenvalue weighted by Gasteiger charge is 2.15. The maximum absolute atomic E-state index is 12.4. The number of carbonyl (C=O) groups excluding carboxylic acids is 2. The van der Waals surface area contributed by atoms with Gasteiger partial charge in [0.15, 0.2) is 16.6 Å². The van der Waals surface area contributed by atoms with Crippen LogP contribution in [0.2, 0.25) is 0 Å². The number of rotatable bonds is 7. The summed E-state index contributed by atoms with van der Waals surface area (Å²) in [6.07, 6.45) is 2.95. The Labute approximate surface area is 182 Å². The van der Waals surface area contributed by atoms with E-state index in [1.54, 1.807) is 48.0 Å². The van der Waals surface area contributed by atoms with Crippen molar-refractivity contribution in [2.45, 2.75) is 0 Å². The van der Waals surface area contributed by atoms with Crippen molar-refractivity contribution < 1.29 is 23.8 Å². The van der Waals surface area contributed by atoms with E-state index in [1.165, 1.54) is 37.7 Å². The number of aromatic nitrogens is 1. The van der Waals surface area contributed by atoms with E-state index in [9.17, 15) is 14.9 Å². The molecule has 1 N–H and O–H groups in total. The molecular formula is C22H17N3O5S. The number of anilines is 1. The third-order valence-corrected chi connectivity index (χ3v) is 4.73. The number of nitrogens with one attached hydrogen (secondary N) is 1. The van der Waals surface area contributed by atoms with Crippen molar-refractivity contribution in [2.75, 3.05) is 19.5 Å². The minimum Gasteiger partial charge on any atom is -0.497 e. The first-order valence-corrected chi connectivity index (χ1v) is 9.79. The lowest BCUT2D eigenvalue weighted by Gasteiger charge is -2.10. The predicted octanol–water partition coefficient (Wildman–Crippen LogP) is 3.93. The zero-order valence-corrected chi connectivity index (χ0v) is 17.4. The Morgan fingerprint density at radius 2 is 1.87 bits per heavy atom. The summed E-state index contributed by atoms with van der Waals surface area (Å²) in [7, 11) is 2.96. The summed E-state index contributed by atoms with van der Waals surface area (Å²) < 4.78 is 15.8. The average molecular weight is 435 g/mol. The molecule has 9 heteroatoms. The van der Waals surface area contributed by atoms with Gasteiger partial charge >= 0.3 is 5.97 Å². The molecule has 0 spiro atoms. The minimum atomic E-state index is -0.577. The Hall–Kier alpha value is -4.16. The lowest BCUT2D eigenvalue weighted by atomic mass is 10.1. The van der Waals surface area contributed by atoms with Crippen molar-refractivity contribution in [3.05, 3.63) is 70.7 Å². The van der Waals surface area contributed by atoms with Crippen LogP contribution in [0.15, 0.2) is 59.6 Å². The van der Waals surface area contributed by atoms with Gasteiger partial charge < -0.3 is 14.2 Å². The van der Waals surface area contributed by atoms with E-state index in [2.05, 4.69) is 10.3 Å². The molecule has 0 atom stereocenters. The number of methoxy groups -OCH3 is 2. The summed E-state index contributed by atoms with van der Waals surface area (Å²) in [4.78, 5) is 28.6. The third kappa shape index (κ3) is 5.46. The topological polar surface area (TPSA) is 111 Å². The fourth-order valence-electron chi connectivity index (χ4n) is 2.51. The van der Waals surface area contributed by atoms with Crippen LogP contribution in [0.25, 0.3) is 6.08 Å². The summed E-state index contributed by atoms with van der Waals surface area (Å²) in [6, 6.07) is 13.0. The van der Waals surface area contributed by atoms with Crippen LogP contribution in [-0.2, 0) is 4.79 Å². The minimum absolute atomic E-state index is 0.111. The standard InChI is InChI=1S/C22H17N3O5S/c1-28-17-6-4-15(5-7-17)21(27)30-18-8-3-14(12-19(18)29-2)11-16(13-23)20(26)25-22-24-9-10-31-22/h3-12H,1-2H3,(H,24,25,26)/b16-11+. The van der Waals surface area contributed by atoms with Crippen LogP contribution in [0, 0.1) is 11.3 Å². The van der Waals surface area contributed by atoms with Gasteiger partial charge in [0, 0.05) is 11.6 Å². The van der Waals surface area contributed by atoms with Crippen LogP contribution in [0.1, 0.15) is 15.9 Å². The van der Waals surface area contributed by atoms with Gasteiger partial charge in [0.1, 0.15) is 17.4 Å². The van der Waals surface area contributed by atoms with Crippen LogP contribution in [0.5, 0.6) is 17.2 Å². The van der Waals surface area contributed by atoms with Gasteiger partial charge in [-0.15, -0.1) is 11.3 Å². The molecule has 3 aromatic rings. The van der Waals surface area contributed by atoms with Crippen molar-refractivity contribution in [2.24, 2.45) is 0 Å². The van der Waals surface area contributed by atoms with E-state index in [1.807, 2.05) is 6.07 Å². The summed E-state index contributed by atoms with van der Waals surface area (Å²) in [5.41, 5.74) is 0.754. The Kier molecular flexibility index (Phi) is 6.98. The van der Waals surface area contributed by atoms with Gasteiger partial charge in [-0.05, 0) is 48.0 Å². The second-order valence-corrected chi connectivity index (χ2v) is 6.88. The number of benzene rings is 2. The molecule has 3 rings (SSSR count). The van der Waals surface area contributed by atoms with Gasteiger partial charge in [-0.25, -0.2) is 9.78 Å². The molecule has 0 radical (unpaired) electrons. The second-order valence-electron chi connectivity index (χ2n) is 5.99. The summed E-state index contributed by atoms with van der Waals surface area (Å²) in [5.74, 6) is -0.0480. The SMILES string of the molecule is COc1ccc(C(=O)Oc2ccc(/C=C(\C#N)C(=O)Nc3nccs3)cc2OC)cc1. The fraction of sp³-hybridized carbons (Fsp3) is 0.0909. The van der Waals surface area contributed by atoms with Gasteiger partial charge in [-0.3, -0.25) is 10.1 Å². The van der Waals surface area contributed by atoms with Gasteiger partial charge in [-0.1, -0.05) is 6.07 Å². The second kappa shape index (κ2) is 10.0. The van der Waals surface area contributed by atoms with Gasteiger partial charge in [-0.2, -0.15) is 5.26 Å². The zero-order valence-electron chi connectivity index (χ0n) is 16.6. The van der Waals surface area contributed by atoms with Crippen molar-refractivity contribution in [1.29, 1.82) is 5.26 Å². The first-order valence-electron chi connectivity index (χ1n) is 8.91. The maximum atomic E-state index is 12.4. The predicted molar refractivity (Wildman–Crippen MR) is 115 cm³/mol. The molecule has 0 bridgehead atoms. The highest BCUT2D eigenvalue weighted by molar-refractivity contribution is 7.13. The number of amides is 1. The van der Waals surface area contributed by atoms with Crippen molar-refractivity contribution in [1.82, 2.24) is 4.98 Å². The van der Waals surface area contributed by atoms with Crippen LogP contribution < -0.4 is 19.5 Å². The number of hydrogen-bond donors (Lipinski definition) is 1. The molecule has 8 nitrogen and oxygen atoms in total. The fourth-order valence-corrected chi connectivity index (χ4v) is 3.03. The molecule has 156 valence electrons. The molecule has 0 fully saturated rings. The van der Waals surface area contributed by atoms with Gasteiger partial charge in [0.2, 0.25) is 0 Å². The van der Waals surface area contributed by atoms with Crippen LogP contribution >= 0.6 is 11.3 Å². The van der Waals surface area contributed by atoms with Gasteiger partial charge in [0.05, 0.1) is 19.8 Å². The number of carbonyl (C=O) groups is 2. The molecule has 0 aliphatic carbocycles. The van der Waals surface area contributed by atoms with Crippen molar-refractivity contribution in [3.63, 3.8) is 0 Å². The lowest BCUT2D eigenvalue weighted by Crippen LogP contribution is -2.13. The summed E-state index contributed by atoms with van der Waals surface area (Å²) in [5, 5.41) is 14.0. The molecule has 1 amide bonds. The zero-order chi connectivity index (χ0) is 22.2. The Morgan fingerprint density at radius 1 is 1.10 bits per heavy atom. The third-order valence-electron chi connectivity index (χ3n) is 4.04. The highest BCUT2D eigenvalue weighted by Crippen LogP contribution is 2.30. The average Bonchev–Trinajstić information content (AvgIpc) is 3.31. The molecule has 31 heavy (non-hydrogen) atoms. The van der Waals surface area contributed by atoms with Crippen LogP contribution in [-0.4, -0.2) is 31.1 Å². The van der Waals surface area contributed by atoms with Gasteiger partial charge in [0.25, 0.3) is 5.91 Å². The Bertz CT molecular complexity index is 1150. The number of ether oxygens (including phenoxy) is 3. The monoisotopic (exact) mass is 435 g/mol. The highest BCUT2D eigenvalue weighted by atomic mass is 32.1. The summed E-state index contributed by atoms with van der Waals surface area (Å²) >= 11 is 1.24. The maximum Gasteiger partial charge on any atom is 0.343 e. The molecule has 0 aliphatic rings. The summed E-state index contributed by atoms with van der Waals surface area (Å²) in [6.45, 7) is 0. The molecule has 2 aromatic carbocycles. The quantitative estimate of drug-likeness (QED) is 0.259. The van der Waals surface area contributed by atoms with Crippen molar-refractivity contribution in [3.8, 4) is 23.3 Å². The number of thiazole rings is 1. The van der Waals surface area contributed by atoms with Crippen LogP contribution in [0.3, 0.4) is 0 Å². The smallest absolute Gasteiger partial charge is 0.343 e. The largest absolute Gasteiger partial charge is 0.497 e. The number of nitrogens with zero attached hydrogens (tertiary/aromatic N) is 2. The molecule has 1 heterocycles. The molecule has 0 saturated carbocycles. The lowest BCUT2D eigenvalue weighted by molar-refractivity contribution is -0.112. The molecule has 0 aliphatic heterocycles. The van der Waals surface area contributed by atoms with E-state index >= 15 is 0 Å². The van der Waals surface area contributed by atoms with E-state index in [-0.39, 0.29) is 17.1 Å². The number of hydrogen-bond acceptors (Lipinski definition) is 8. The first kappa shape index (κ1) is 21.5. The van der Waals surface area contributed by atoms with E-state index in [0.717, 1.165) is 0 Å². The van der Waals surface area contributed by atoms with Crippen molar-refractivity contribution >= 4 is 34.4 Å².